The fourth-order valence-corrected chi connectivity index (χ4v) is 8.68. The van der Waals surface area contributed by atoms with Gasteiger partial charge in [0.2, 0.25) is 0 Å². The summed E-state index contributed by atoms with van der Waals surface area (Å²) in [6.07, 6.45) is 9.77. The average Bonchev–Trinajstić information content (AvgIpc) is 2.77. The lowest BCUT2D eigenvalue weighted by Gasteiger charge is -2.64. The topological polar surface area (TPSA) is 40.5 Å². The van der Waals surface area contributed by atoms with Crippen LogP contribution in [0, 0.1) is 46.3 Å². The molecule has 9 atom stereocenters. The predicted octanol–water partition coefficient (Wildman–Crippen LogP) is 4.63. The lowest BCUT2D eigenvalue weighted by atomic mass is 9.41. The summed E-state index contributed by atoms with van der Waals surface area (Å²) >= 11 is 0. The van der Waals surface area contributed by atoms with Crippen molar-refractivity contribution < 1.29 is 10.2 Å². The Morgan fingerprint density at radius 2 is 1.62 bits per heavy atom. The number of aliphatic hydroxyl groups excluding tert-OH is 1. The maximum Gasteiger partial charge on any atom is 0.0675 e. The van der Waals surface area contributed by atoms with Crippen LogP contribution in [0.2, 0.25) is 0 Å². The van der Waals surface area contributed by atoms with Crippen LogP contribution in [-0.2, 0) is 0 Å². The van der Waals surface area contributed by atoms with Gasteiger partial charge in [0.1, 0.15) is 0 Å². The first-order valence-electron chi connectivity index (χ1n) is 10.6. The molecular weight excluding hydrogens is 296 g/mol. The van der Waals surface area contributed by atoms with Gasteiger partial charge in [0.05, 0.1) is 5.60 Å². The molecule has 0 bridgehead atoms. The van der Waals surface area contributed by atoms with E-state index in [-0.39, 0.29) is 10.8 Å². The predicted molar refractivity (Wildman–Crippen MR) is 97.5 cm³/mol. The van der Waals surface area contributed by atoms with Gasteiger partial charge in [-0.3, -0.25) is 0 Å². The highest BCUT2D eigenvalue weighted by Crippen LogP contribution is 2.69. The molecule has 0 saturated heterocycles. The van der Waals surface area contributed by atoms with Crippen LogP contribution >= 0.6 is 0 Å². The molecule has 0 amide bonds. The molecule has 2 nitrogen and oxygen atoms in total. The van der Waals surface area contributed by atoms with Crippen molar-refractivity contribution >= 4 is 0 Å². The fraction of sp³-hybridized carbons (Fsp3) is 1.00. The molecule has 24 heavy (non-hydrogen) atoms. The molecule has 2 N–H and O–H groups in total. The minimum absolute atomic E-state index is 0.0949. The second kappa shape index (κ2) is 5.46. The largest absolute Gasteiger partial charge is 0.396 e. The molecule has 0 radical (unpaired) electrons. The first-order chi connectivity index (χ1) is 11.3. The Bertz CT molecular complexity index is 500. The van der Waals surface area contributed by atoms with Crippen molar-refractivity contribution in [3.63, 3.8) is 0 Å². The van der Waals surface area contributed by atoms with Crippen molar-refractivity contribution in [1.29, 1.82) is 0 Å². The smallest absolute Gasteiger partial charge is 0.0675 e. The minimum Gasteiger partial charge on any atom is -0.396 e. The maximum atomic E-state index is 11.1. The summed E-state index contributed by atoms with van der Waals surface area (Å²) in [4.78, 5) is 0. The standard InChI is InChI=1S/C22H38O2/c1-14-6-5-9-22(13-23)18-7-10-20(3)17(8-11-21(20,4)24)16(18)12-15(2)19(14)22/h14-19,23-24H,5-13H2,1-4H3/t14?,15?,16-,17-,18+,19?,20-,21?,22-/m0/s1. The summed E-state index contributed by atoms with van der Waals surface area (Å²) in [6.45, 7) is 9.76. The highest BCUT2D eigenvalue weighted by molar-refractivity contribution is 5.14. The van der Waals surface area contributed by atoms with E-state index in [4.69, 9.17) is 0 Å². The molecule has 4 rings (SSSR count). The number of hydrogen-bond donors (Lipinski definition) is 2. The van der Waals surface area contributed by atoms with Crippen LogP contribution in [0.3, 0.4) is 0 Å². The summed E-state index contributed by atoms with van der Waals surface area (Å²) in [7, 11) is 0. The third kappa shape index (κ3) is 2.02. The molecule has 0 aliphatic heterocycles. The van der Waals surface area contributed by atoms with E-state index in [1.807, 2.05) is 0 Å². The van der Waals surface area contributed by atoms with Gasteiger partial charge in [-0.25, -0.2) is 0 Å². The third-order valence-corrected chi connectivity index (χ3v) is 9.87. The van der Waals surface area contributed by atoms with E-state index in [0.717, 1.165) is 30.6 Å². The molecule has 0 aromatic carbocycles. The van der Waals surface area contributed by atoms with Crippen molar-refractivity contribution in [3.8, 4) is 0 Å². The van der Waals surface area contributed by atoms with E-state index in [1.54, 1.807) is 0 Å². The summed E-state index contributed by atoms with van der Waals surface area (Å²) in [5.74, 6) is 4.28. The molecule has 138 valence electrons. The van der Waals surface area contributed by atoms with Gasteiger partial charge in [-0.15, -0.1) is 0 Å². The van der Waals surface area contributed by atoms with E-state index in [2.05, 4.69) is 27.7 Å². The minimum atomic E-state index is -0.491. The zero-order chi connectivity index (χ0) is 17.3. The highest BCUT2D eigenvalue weighted by atomic mass is 16.3. The zero-order valence-corrected chi connectivity index (χ0v) is 16.2. The molecule has 0 heterocycles. The van der Waals surface area contributed by atoms with Crippen LogP contribution in [-0.4, -0.2) is 22.4 Å². The number of rotatable bonds is 1. The normalized spacial score (nSPS) is 60.2. The summed E-state index contributed by atoms with van der Waals surface area (Å²) < 4.78 is 0. The van der Waals surface area contributed by atoms with E-state index in [1.165, 1.54) is 38.5 Å². The average molecular weight is 335 g/mol. The molecule has 4 saturated carbocycles. The highest BCUT2D eigenvalue weighted by Gasteiger charge is 2.65. The van der Waals surface area contributed by atoms with Crippen LogP contribution in [0.5, 0.6) is 0 Å². The van der Waals surface area contributed by atoms with Gasteiger partial charge in [0.25, 0.3) is 0 Å². The molecule has 0 aromatic heterocycles. The van der Waals surface area contributed by atoms with Gasteiger partial charge in [-0.05, 0) is 91.8 Å². The van der Waals surface area contributed by atoms with E-state index in [9.17, 15) is 10.2 Å². The van der Waals surface area contributed by atoms with Crippen LogP contribution in [0.4, 0.5) is 0 Å². The molecule has 4 fully saturated rings. The van der Waals surface area contributed by atoms with E-state index in [0.29, 0.717) is 24.4 Å². The van der Waals surface area contributed by atoms with Crippen LogP contribution in [0.1, 0.15) is 79.1 Å². The molecule has 2 heteroatoms. The number of aliphatic hydroxyl groups is 2. The lowest BCUT2D eigenvalue weighted by molar-refractivity contribution is -0.187. The van der Waals surface area contributed by atoms with Crippen LogP contribution < -0.4 is 0 Å². The SMILES string of the molecule is CC1CCC[C@@]2(CO)C1C(C)C[C@@H]1[C@H]2CC[C@@]2(C)[C@H]1CCC2(C)O. The Balaban J connectivity index is 1.73. The number of fused-ring (bicyclic) bond motifs is 5. The quantitative estimate of drug-likeness (QED) is 0.733. The Labute approximate surface area is 148 Å². The maximum absolute atomic E-state index is 11.1. The van der Waals surface area contributed by atoms with E-state index >= 15 is 0 Å². The Morgan fingerprint density at radius 3 is 2.33 bits per heavy atom. The monoisotopic (exact) mass is 334 g/mol. The van der Waals surface area contributed by atoms with Gasteiger partial charge >= 0.3 is 0 Å². The molecular formula is C22H38O2. The lowest BCUT2D eigenvalue weighted by Crippen LogP contribution is -2.60. The van der Waals surface area contributed by atoms with Crippen molar-refractivity contribution in [2.75, 3.05) is 6.61 Å². The van der Waals surface area contributed by atoms with Gasteiger partial charge in [0, 0.05) is 6.61 Å². The first kappa shape index (κ1) is 17.3. The Kier molecular flexibility index (Phi) is 3.94. The van der Waals surface area contributed by atoms with Crippen LogP contribution in [0.15, 0.2) is 0 Å². The molecule has 0 aromatic rings. The van der Waals surface area contributed by atoms with Gasteiger partial charge in [-0.1, -0.05) is 33.6 Å². The molecule has 4 unspecified atom stereocenters. The van der Waals surface area contributed by atoms with Crippen molar-refractivity contribution in [2.45, 2.75) is 84.7 Å². The third-order valence-electron chi connectivity index (χ3n) is 9.87. The molecule has 4 aliphatic carbocycles. The number of hydrogen-bond acceptors (Lipinski definition) is 2. The molecule has 4 aliphatic rings. The van der Waals surface area contributed by atoms with Crippen molar-refractivity contribution in [3.05, 3.63) is 0 Å². The summed E-state index contributed by atoms with van der Waals surface area (Å²) in [6, 6.07) is 0. The second-order valence-electron chi connectivity index (χ2n) is 10.6. The van der Waals surface area contributed by atoms with Gasteiger partial charge in [0.15, 0.2) is 0 Å². The summed E-state index contributed by atoms with van der Waals surface area (Å²) in [5, 5.41) is 21.7. The molecule has 0 spiro atoms. The zero-order valence-electron chi connectivity index (χ0n) is 16.2. The second-order valence-corrected chi connectivity index (χ2v) is 10.6. The Hall–Kier alpha value is -0.0800. The van der Waals surface area contributed by atoms with E-state index < -0.39 is 5.60 Å². The van der Waals surface area contributed by atoms with Gasteiger partial charge in [-0.2, -0.15) is 0 Å². The fourth-order valence-electron chi connectivity index (χ4n) is 8.68. The van der Waals surface area contributed by atoms with Gasteiger partial charge < -0.3 is 10.2 Å². The van der Waals surface area contributed by atoms with Crippen LogP contribution in [0.25, 0.3) is 0 Å². The van der Waals surface area contributed by atoms with Crippen molar-refractivity contribution in [2.24, 2.45) is 46.3 Å². The Morgan fingerprint density at radius 1 is 0.917 bits per heavy atom. The van der Waals surface area contributed by atoms with Crippen molar-refractivity contribution in [1.82, 2.24) is 0 Å². The first-order valence-corrected chi connectivity index (χ1v) is 10.6. The summed E-state index contributed by atoms with van der Waals surface area (Å²) in [5.41, 5.74) is -0.220.